The summed E-state index contributed by atoms with van der Waals surface area (Å²) in [6.07, 6.45) is 0.846. The van der Waals surface area contributed by atoms with Gasteiger partial charge in [0.2, 0.25) is 0 Å². The van der Waals surface area contributed by atoms with Crippen LogP contribution in [0.4, 0.5) is 13.6 Å². The SMILES string of the molecule is CC1(CCc2ccccc2)NC(=O)N(NC(=O)CNC(=O)c2ccc(F)cc2F)C1=O. The van der Waals surface area contributed by atoms with Gasteiger partial charge in [0, 0.05) is 6.07 Å². The molecule has 0 aromatic heterocycles. The van der Waals surface area contributed by atoms with E-state index in [1.54, 1.807) is 6.92 Å². The normalized spacial score (nSPS) is 18.0. The van der Waals surface area contributed by atoms with E-state index in [1.807, 2.05) is 30.3 Å². The Hall–Kier alpha value is -3.82. The zero-order chi connectivity index (χ0) is 22.6. The van der Waals surface area contributed by atoms with Crippen molar-refractivity contribution in [3.8, 4) is 0 Å². The number of benzene rings is 2. The quantitative estimate of drug-likeness (QED) is 0.581. The van der Waals surface area contributed by atoms with E-state index in [-0.39, 0.29) is 0 Å². The molecule has 1 saturated heterocycles. The number of nitrogens with one attached hydrogen (secondary N) is 3. The summed E-state index contributed by atoms with van der Waals surface area (Å²) in [6, 6.07) is 11.0. The molecule has 5 amide bonds. The van der Waals surface area contributed by atoms with Gasteiger partial charge in [-0.1, -0.05) is 30.3 Å². The van der Waals surface area contributed by atoms with Crippen LogP contribution < -0.4 is 16.1 Å². The van der Waals surface area contributed by atoms with Crippen LogP contribution in [-0.2, 0) is 16.0 Å². The molecule has 31 heavy (non-hydrogen) atoms. The molecule has 1 fully saturated rings. The lowest BCUT2D eigenvalue weighted by Gasteiger charge is -2.21. The molecule has 0 saturated carbocycles. The molecule has 162 valence electrons. The number of hydrazine groups is 1. The van der Waals surface area contributed by atoms with Gasteiger partial charge >= 0.3 is 6.03 Å². The molecule has 10 heteroatoms. The number of carbonyl (C=O) groups is 4. The molecular weight excluding hydrogens is 410 g/mol. The Bertz CT molecular complexity index is 1030. The molecule has 1 heterocycles. The van der Waals surface area contributed by atoms with Crippen molar-refractivity contribution in [1.82, 2.24) is 21.1 Å². The summed E-state index contributed by atoms with van der Waals surface area (Å²) in [5.74, 6) is -4.39. The second-order valence-electron chi connectivity index (χ2n) is 7.23. The second-order valence-corrected chi connectivity index (χ2v) is 7.23. The largest absolute Gasteiger partial charge is 0.344 e. The monoisotopic (exact) mass is 430 g/mol. The minimum absolute atomic E-state index is 0.314. The van der Waals surface area contributed by atoms with E-state index in [4.69, 9.17) is 0 Å². The molecule has 2 aromatic carbocycles. The number of halogens is 2. The Labute approximate surface area is 176 Å². The van der Waals surface area contributed by atoms with Gasteiger partial charge in [-0.25, -0.2) is 13.6 Å². The maximum Gasteiger partial charge on any atom is 0.344 e. The van der Waals surface area contributed by atoms with Gasteiger partial charge in [0.25, 0.3) is 17.7 Å². The number of amides is 5. The summed E-state index contributed by atoms with van der Waals surface area (Å²) in [5.41, 5.74) is 1.46. The van der Waals surface area contributed by atoms with Gasteiger partial charge in [0.05, 0.1) is 12.1 Å². The highest BCUT2D eigenvalue weighted by atomic mass is 19.1. The van der Waals surface area contributed by atoms with Crippen LogP contribution in [0.1, 0.15) is 29.3 Å². The van der Waals surface area contributed by atoms with Crippen molar-refractivity contribution in [1.29, 1.82) is 0 Å². The maximum absolute atomic E-state index is 13.6. The summed E-state index contributed by atoms with van der Waals surface area (Å²) in [7, 11) is 0. The van der Waals surface area contributed by atoms with Crippen LogP contribution in [0.25, 0.3) is 0 Å². The van der Waals surface area contributed by atoms with Gasteiger partial charge in [-0.05, 0) is 37.5 Å². The topological polar surface area (TPSA) is 108 Å². The lowest BCUT2D eigenvalue weighted by molar-refractivity contribution is -0.138. The van der Waals surface area contributed by atoms with Crippen molar-refractivity contribution >= 4 is 23.8 Å². The average Bonchev–Trinajstić information content (AvgIpc) is 2.94. The highest BCUT2D eigenvalue weighted by Gasteiger charge is 2.48. The number of urea groups is 1. The molecule has 1 aliphatic rings. The van der Waals surface area contributed by atoms with Crippen LogP contribution in [0.3, 0.4) is 0 Å². The molecule has 1 aliphatic heterocycles. The van der Waals surface area contributed by atoms with E-state index in [2.05, 4.69) is 16.1 Å². The zero-order valence-corrected chi connectivity index (χ0v) is 16.6. The Morgan fingerprint density at radius 1 is 1.10 bits per heavy atom. The van der Waals surface area contributed by atoms with Crippen LogP contribution in [0.15, 0.2) is 48.5 Å². The molecule has 0 aliphatic carbocycles. The number of imide groups is 1. The van der Waals surface area contributed by atoms with E-state index in [0.717, 1.165) is 17.7 Å². The molecule has 0 radical (unpaired) electrons. The summed E-state index contributed by atoms with van der Waals surface area (Å²) in [5, 5.41) is 5.26. The number of hydrogen-bond donors (Lipinski definition) is 3. The van der Waals surface area contributed by atoms with Gasteiger partial charge < -0.3 is 10.6 Å². The predicted octanol–water partition coefficient (Wildman–Crippen LogP) is 1.67. The zero-order valence-electron chi connectivity index (χ0n) is 16.6. The predicted molar refractivity (Wildman–Crippen MR) is 105 cm³/mol. The van der Waals surface area contributed by atoms with E-state index in [0.29, 0.717) is 23.9 Å². The third-order valence-corrected chi connectivity index (χ3v) is 4.84. The third-order valence-electron chi connectivity index (χ3n) is 4.84. The van der Waals surface area contributed by atoms with Crippen LogP contribution in [-0.4, -0.2) is 40.8 Å². The number of aryl methyl sites for hydroxylation is 1. The summed E-state index contributed by atoms with van der Waals surface area (Å²) >= 11 is 0. The first-order valence-corrected chi connectivity index (χ1v) is 9.43. The van der Waals surface area contributed by atoms with E-state index in [9.17, 15) is 28.0 Å². The summed E-state index contributed by atoms with van der Waals surface area (Å²) < 4.78 is 26.6. The number of nitrogens with zero attached hydrogens (tertiary/aromatic N) is 1. The molecule has 1 unspecified atom stereocenters. The van der Waals surface area contributed by atoms with Crippen LogP contribution in [0, 0.1) is 11.6 Å². The first-order chi connectivity index (χ1) is 14.7. The van der Waals surface area contributed by atoms with Gasteiger partial charge in [-0.3, -0.25) is 19.8 Å². The molecule has 0 bridgehead atoms. The number of hydrogen-bond acceptors (Lipinski definition) is 4. The van der Waals surface area contributed by atoms with Crippen molar-refractivity contribution in [3.63, 3.8) is 0 Å². The Balaban J connectivity index is 1.55. The molecular formula is C21H20F2N4O4. The van der Waals surface area contributed by atoms with Crippen LogP contribution in [0.2, 0.25) is 0 Å². The fourth-order valence-corrected chi connectivity index (χ4v) is 3.09. The molecule has 3 rings (SSSR count). The van der Waals surface area contributed by atoms with Crippen molar-refractivity contribution in [2.45, 2.75) is 25.3 Å². The van der Waals surface area contributed by atoms with E-state index >= 15 is 0 Å². The first-order valence-electron chi connectivity index (χ1n) is 9.43. The first kappa shape index (κ1) is 21.9. The number of rotatable bonds is 7. The fraction of sp³-hybridized carbons (Fsp3) is 0.238. The van der Waals surface area contributed by atoms with Crippen molar-refractivity contribution < 1.29 is 28.0 Å². The second kappa shape index (κ2) is 8.90. The molecule has 8 nitrogen and oxygen atoms in total. The fourth-order valence-electron chi connectivity index (χ4n) is 3.09. The molecule has 2 aromatic rings. The van der Waals surface area contributed by atoms with E-state index in [1.165, 1.54) is 0 Å². The minimum atomic E-state index is -1.21. The van der Waals surface area contributed by atoms with Gasteiger partial charge in [0.15, 0.2) is 0 Å². The smallest absolute Gasteiger partial charge is 0.343 e. The summed E-state index contributed by atoms with van der Waals surface area (Å²) in [6.45, 7) is 0.925. The molecule has 1 atom stereocenters. The third kappa shape index (κ3) is 5.03. The average molecular weight is 430 g/mol. The highest BCUT2D eigenvalue weighted by molar-refractivity contribution is 6.08. The standard InChI is InChI=1S/C21H20F2N4O4/c1-21(10-9-13-5-3-2-4-6-13)19(30)27(20(31)25-21)26-17(28)12-24-18(29)15-8-7-14(22)11-16(15)23/h2-8,11H,9-10,12H2,1H3,(H,24,29)(H,25,31)(H,26,28). The van der Waals surface area contributed by atoms with Crippen LogP contribution in [0.5, 0.6) is 0 Å². The Morgan fingerprint density at radius 2 is 1.81 bits per heavy atom. The van der Waals surface area contributed by atoms with Crippen molar-refractivity contribution in [3.05, 3.63) is 71.3 Å². The van der Waals surface area contributed by atoms with Gasteiger partial charge in [-0.2, -0.15) is 5.01 Å². The molecule has 3 N–H and O–H groups in total. The molecule has 0 spiro atoms. The Morgan fingerprint density at radius 3 is 2.48 bits per heavy atom. The summed E-state index contributed by atoms with van der Waals surface area (Å²) in [4.78, 5) is 48.9. The van der Waals surface area contributed by atoms with Gasteiger partial charge in [-0.15, -0.1) is 0 Å². The number of carbonyl (C=O) groups excluding carboxylic acids is 4. The minimum Gasteiger partial charge on any atom is -0.343 e. The van der Waals surface area contributed by atoms with Crippen molar-refractivity contribution in [2.24, 2.45) is 0 Å². The maximum atomic E-state index is 13.6. The van der Waals surface area contributed by atoms with E-state index < -0.39 is 53.0 Å². The Kier molecular flexibility index (Phi) is 6.28. The lowest BCUT2D eigenvalue weighted by Crippen LogP contribution is -2.51. The van der Waals surface area contributed by atoms with Crippen molar-refractivity contribution in [2.75, 3.05) is 6.54 Å². The lowest BCUT2D eigenvalue weighted by atomic mass is 9.93. The van der Waals surface area contributed by atoms with Gasteiger partial charge in [0.1, 0.15) is 17.2 Å². The highest BCUT2D eigenvalue weighted by Crippen LogP contribution is 2.22. The van der Waals surface area contributed by atoms with Crippen LogP contribution >= 0.6 is 0 Å².